The lowest BCUT2D eigenvalue weighted by atomic mass is 10.0. The number of hydrogen-bond acceptors (Lipinski definition) is 8. The summed E-state index contributed by atoms with van der Waals surface area (Å²) in [6.45, 7) is 13.0. The Labute approximate surface area is 248 Å². The predicted molar refractivity (Wildman–Crippen MR) is 167 cm³/mol. The molecule has 2 N–H and O–H groups in total. The van der Waals surface area contributed by atoms with Gasteiger partial charge in [0.15, 0.2) is 0 Å². The Bertz CT molecular complexity index is 1390. The molecular formula is C31H43N7O4. The normalized spacial score (nSPS) is 14.5. The van der Waals surface area contributed by atoms with Crippen LogP contribution < -0.4 is 25.0 Å². The highest BCUT2D eigenvalue weighted by atomic mass is 16.5. The van der Waals surface area contributed by atoms with Gasteiger partial charge in [0.2, 0.25) is 5.91 Å². The molecule has 2 aromatic heterocycles. The van der Waals surface area contributed by atoms with E-state index < -0.39 is 5.54 Å². The zero-order chi connectivity index (χ0) is 30.4. The minimum absolute atomic E-state index is 0.0803. The first-order valence-corrected chi connectivity index (χ1v) is 14.3. The topological polar surface area (TPSA) is 112 Å². The predicted octanol–water partition coefficient (Wildman–Crippen LogP) is 4.22. The molecule has 0 atom stereocenters. The quantitative estimate of drug-likeness (QED) is 0.389. The van der Waals surface area contributed by atoms with Crippen molar-refractivity contribution < 1.29 is 19.1 Å². The maximum atomic E-state index is 12.9. The van der Waals surface area contributed by atoms with Gasteiger partial charge in [0.05, 0.1) is 19.7 Å². The van der Waals surface area contributed by atoms with Crippen molar-refractivity contribution in [3.8, 4) is 22.6 Å². The molecule has 0 bridgehead atoms. The molecule has 3 aromatic rings. The van der Waals surface area contributed by atoms with Gasteiger partial charge in [0, 0.05) is 74.5 Å². The van der Waals surface area contributed by atoms with Crippen LogP contribution in [0.15, 0.2) is 36.5 Å². The van der Waals surface area contributed by atoms with E-state index in [1.165, 1.54) is 0 Å². The third-order valence-corrected chi connectivity index (χ3v) is 7.18. The van der Waals surface area contributed by atoms with Crippen molar-refractivity contribution in [2.24, 2.45) is 0 Å². The molecule has 0 unspecified atom stereocenters. The number of nitrogens with zero attached hydrogens (tertiary/aromatic N) is 5. The monoisotopic (exact) mass is 577 g/mol. The minimum atomic E-state index is -0.441. The van der Waals surface area contributed by atoms with Crippen molar-refractivity contribution >= 4 is 34.5 Å². The first-order chi connectivity index (χ1) is 20.0. The van der Waals surface area contributed by atoms with E-state index in [1.54, 1.807) is 44.4 Å². The highest BCUT2D eigenvalue weighted by molar-refractivity contribution is 5.98. The number of aromatic nitrogens is 2. The average molecular weight is 578 g/mol. The van der Waals surface area contributed by atoms with Crippen LogP contribution in [-0.4, -0.2) is 97.8 Å². The van der Waals surface area contributed by atoms with Crippen molar-refractivity contribution in [1.29, 1.82) is 0 Å². The number of carbonyl (C=O) groups is 2. The summed E-state index contributed by atoms with van der Waals surface area (Å²) < 4.78 is 11.0. The Morgan fingerprint density at radius 2 is 1.67 bits per heavy atom. The van der Waals surface area contributed by atoms with Crippen molar-refractivity contribution in [1.82, 2.24) is 25.1 Å². The van der Waals surface area contributed by atoms with Gasteiger partial charge in [-0.15, -0.1) is 0 Å². The highest BCUT2D eigenvalue weighted by Crippen LogP contribution is 2.35. The molecule has 1 aromatic carbocycles. The van der Waals surface area contributed by atoms with Crippen molar-refractivity contribution in [3.63, 3.8) is 0 Å². The Morgan fingerprint density at radius 1 is 1.00 bits per heavy atom. The summed E-state index contributed by atoms with van der Waals surface area (Å²) in [6, 6.07) is 8.84. The number of hydrogen-bond donors (Lipinski definition) is 2. The standard InChI is InChI=1S/C31H43N7O4/c1-21(39)38(10-8-9-37-13-11-36(5)12-14-37)28-19-27-23(20-32-28)17-26(22-15-24(41-6)18-25(16-22)42-7)29(33-27)34-30(40)35-31(2,3)4/h15-20H,8-14H2,1-7H3,(H2,33,34,35,40). The van der Waals surface area contributed by atoms with Gasteiger partial charge in [-0.05, 0) is 64.5 Å². The fourth-order valence-corrected chi connectivity index (χ4v) is 4.92. The molecular weight excluding hydrogens is 534 g/mol. The summed E-state index contributed by atoms with van der Waals surface area (Å²) in [5.74, 6) is 2.03. The summed E-state index contributed by atoms with van der Waals surface area (Å²) in [7, 11) is 5.32. The SMILES string of the molecule is COc1cc(OC)cc(-c2cc3cnc(N(CCCN4CCN(C)CC4)C(C)=O)cc3nc2NC(=O)NC(C)(C)C)c1. The van der Waals surface area contributed by atoms with Crippen LogP contribution >= 0.6 is 0 Å². The molecule has 42 heavy (non-hydrogen) atoms. The summed E-state index contributed by atoms with van der Waals surface area (Å²) in [4.78, 5) is 41.6. The number of ether oxygens (including phenoxy) is 2. The van der Waals surface area contributed by atoms with E-state index in [4.69, 9.17) is 14.5 Å². The molecule has 0 saturated carbocycles. The van der Waals surface area contributed by atoms with Gasteiger partial charge < -0.3 is 24.6 Å². The Morgan fingerprint density at radius 3 is 2.26 bits per heavy atom. The number of fused-ring (bicyclic) bond motifs is 1. The lowest BCUT2D eigenvalue weighted by Gasteiger charge is -2.32. The number of nitrogens with one attached hydrogen (secondary N) is 2. The second kappa shape index (κ2) is 13.3. The van der Waals surface area contributed by atoms with Crippen molar-refractivity contribution in [2.45, 2.75) is 39.7 Å². The molecule has 226 valence electrons. The third-order valence-electron chi connectivity index (χ3n) is 7.18. The fraction of sp³-hybridized carbons (Fsp3) is 0.484. The second-order valence-corrected chi connectivity index (χ2v) is 11.7. The van der Waals surface area contributed by atoms with Gasteiger partial charge in [-0.3, -0.25) is 15.0 Å². The van der Waals surface area contributed by atoms with E-state index in [1.807, 2.05) is 39.0 Å². The molecule has 0 spiro atoms. The summed E-state index contributed by atoms with van der Waals surface area (Å²) >= 11 is 0. The first kappa shape index (κ1) is 31.0. The molecule has 0 radical (unpaired) electrons. The van der Waals surface area contributed by atoms with E-state index in [9.17, 15) is 9.59 Å². The first-order valence-electron chi connectivity index (χ1n) is 14.3. The van der Waals surface area contributed by atoms with Crippen LogP contribution in [0.3, 0.4) is 0 Å². The van der Waals surface area contributed by atoms with Crippen LogP contribution in [0.1, 0.15) is 34.1 Å². The fourth-order valence-electron chi connectivity index (χ4n) is 4.92. The third kappa shape index (κ3) is 8.07. The molecule has 4 rings (SSSR count). The zero-order valence-electron chi connectivity index (χ0n) is 25.8. The Hall–Kier alpha value is -3.96. The molecule has 1 fully saturated rings. The van der Waals surface area contributed by atoms with Crippen LogP contribution in [0.5, 0.6) is 11.5 Å². The number of carbonyl (C=O) groups excluding carboxylic acids is 2. The van der Waals surface area contributed by atoms with Crippen molar-refractivity contribution in [3.05, 3.63) is 36.5 Å². The molecule has 1 aliphatic heterocycles. The van der Waals surface area contributed by atoms with Crippen LogP contribution in [0.4, 0.5) is 16.4 Å². The number of pyridine rings is 2. The molecule has 1 aliphatic rings. The molecule has 11 nitrogen and oxygen atoms in total. The number of likely N-dealkylation sites (N-methyl/N-ethyl adjacent to an activating group) is 1. The zero-order valence-corrected chi connectivity index (χ0v) is 25.8. The van der Waals surface area contributed by atoms with Gasteiger partial charge in [0.25, 0.3) is 0 Å². The van der Waals surface area contributed by atoms with Gasteiger partial charge in [-0.1, -0.05) is 0 Å². The maximum Gasteiger partial charge on any atom is 0.320 e. The van der Waals surface area contributed by atoms with Gasteiger partial charge >= 0.3 is 6.03 Å². The van der Waals surface area contributed by atoms with Crippen LogP contribution in [-0.2, 0) is 4.79 Å². The van der Waals surface area contributed by atoms with Crippen molar-refractivity contribution in [2.75, 3.05) is 70.8 Å². The number of methoxy groups -OCH3 is 2. The van der Waals surface area contributed by atoms with Gasteiger partial charge in [-0.2, -0.15) is 0 Å². The lowest BCUT2D eigenvalue weighted by Crippen LogP contribution is -2.45. The largest absolute Gasteiger partial charge is 0.497 e. The number of benzene rings is 1. The lowest BCUT2D eigenvalue weighted by molar-refractivity contribution is -0.116. The molecule has 3 heterocycles. The van der Waals surface area contributed by atoms with E-state index in [-0.39, 0.29) is 11.9 Å². The second-order valence-electron chi connectivity index (χ2n) is 11.7. The van der Waals surface area contributed by atoms with E-state index in [0.29, 0.717) is 40.8 Å². The van der Waals surface area contributed by atoms with Gasteiger partial charge in [-0.25, -0.2) is 14.8 Å². The van der Waals surface area contributed by atoms with Crippen LogP contribution in [0.25, 0.3) is 22.0 Å². The molecule has 1 saturated heterocycles. The van der Waals surface area contributed by atoms with E-state index in [0.717, 1.165) is 50.1 Å². The minimum Gasteiger partial charge on any atom is -0.497 e. The summed E-state index contributed by atoms with van der Waals surface area (Å²) in [5.41, 5.74) is 1.60. The summed E-state index contributed by atoms with van der Waals surface area (Å²) in [5, 5.41) is 6.61. The number of rotatable bonds is 9. The Balaban J connectivity index is 1.67. The van der Waals surface area contributed by atoms with E-state index in [2.05, 4.69) is 32.5 Å². The van der Waals surface area contributed by atoms with Gasteiger partial charge in [0.1, 0.15) is 23.1 Å². The average Bonchev–Trinajstić information content (AvgIpc) is 2.94. The highest BCUT2D eigenvalue weighted by Gasteiger charge is 2.20. The summed E-state index contributed by atoms with van der Waals surface area (Å²) in [6.07, 6.45) is 2.56. The number of amides is 3. The number of anilines is 2. The van der Waals surface area contributed by atoms with Crippen LogP contribution in [0.2, 0.25) is 0 Å². The maximum absolute atomic E-state index is 12.9. The molecule has 11 heteroatoms. The Kier molecular flexibility index (Phi) is 9.85. The smallest absolute Gasteiger partial charge is 0.320 e. The number of urea groups is 1. The number of piperazine rings is 1. The molecule has 0 aliphatic carbocycles. The van der Waals surface area contributed by atoms with Crippen LogP contribution in [0, 0.1) is 0 Å². The molecule has 3 amide bonds. The van der Waals surface area contributed by atoms with E-state index >= 15 is 0 Å².